The molecule has 1 heterocycles. The van der Waals surface area contributed by atoms with E-state index >= 15 is 0 Å². The minimum absolute atomic E-state index is 0. The summed E-state index contributed by atoms with van der Waals surface area (Å²) in [4.78, 5) is 14.5. The second-order valence-corrected chi connectivity index (χ2v) is 10.3. The van der Waals surface area contributed by atoms with Crippen LogP contribution in [0.1, 0.15) is 30.0 Å². The monoisotopic (exact) mass is 516 g/mol. The molecule has 185 valence electrons. The van der Waals surface area contributed by atoms with Crippen LogP contribution in [0.2, 0.25) is 0 Å². The normalized spacial score (nSPS) is 14.4. The van der Waals surface area contributed by atoms with E-state index in [0.717, 1.165) is 34.6 Å². The smallest absolute Gasteiger partial charge is 0.328 e. The van der Waals surface area contributed by atoms with E-state index in [9.17, 15) is 13.2 Å². The molecule has 2 amide bonds. The molecule has 0 bridgehead atoms. The Labute approximate surface area is 235 Å². The van der Waals surface area contributed by atoms with E-state index in [1.165, 1.54) is 17.7 Å². The molecular weight excluding hydrogens is 485 g/mol. The van der Waals surface area contributed by atoms with Crippen molar-refractivity contribution in [1.29, 1.82) is 0 Å². The van der Waals surface area contributed by atoms with Crippen LogP contribution in [-0.2, 0) is 23.0 Å². The van der Waals surface area contributed by atoms with Gasteiger partial charge >= 0.3 is 6.03 Å². The largest absolute Gasteiger partial charge is 0.363 e. The number of urea groups is 1. The Kier molecular flexibility index (Phi) is 9.43. The topological polar surface area (TPSA) is 117 Å². The average molecular weight is 517 g/mol. The van der Waals surface area contributed by atoms with Crippen LogP contribution in [-0.4, -0.2) is 56.7 Å². The summed E-state index contributed by atoms with van der Waals surface area (Å²) in [7, 11) is -3.94. The Morgan fingerprint density at radius 3 is 2.33 bits per heavy atom. The second kappa shape index (κ2) is 12.1. The molecule has 0 saturated carbocycles. The fraction of sp³-hybridized carbons (Fsp3) is 0.269. The van der Waals surface area contributed by atoms with Gasteiger partial charge in [0.05, 0.1) is 16.3 Å². The number of benzene rings is 3. The van der Waals surface area contributed by atoms with Crippen LogP contribution in [0.3, 0.4) is 0 Å². The Hall–Kier alpha value is -2.56. The molecule has 0 aromatic heterocycles. The Balaban J connectivity index is 0.00000361. The zero-order valence-corrected chi connectivity index (χ0v) is 23.7. The summed E-state index contributed by atoms with van der Waals surface area (Å²) < 4.78 is 26.8. The van der Waals surface area contributed by atoms with Crippen molar-refractivity contribution in [2.24, 2.45) is 5.73 Å². The first-order valence-electron chi connectivity index (χ1n) is 11.7. The first-order valence-corrected chi connectivity index (χ1v) is 13.1. The number of hydrogen-bond donors (Lipinski definition) is 4. The van der Waals surface area contributed by atoms with Gasteiger partial charge < -0.3 is 21.3 Å². The van der Waals surface area contributed by atoms with E-state index in [2.05, 4.69) is 59.7 Å². The number of sulfonamides is 1. The standard InChI is InChI=1S/C26H31N5O3S.Na/c1-3-25-29-23-16-18(2)4-13-24(23)31(25)21-9-5-19(6-10-21)14-15-28-26(32)30-35(33,34)22-11-7-20(17-27)8-12-22;/h4-13,16,25,29H,3,14-15,17,27H2,1-2H3,(H2,28,30,32);. The average Bonchev–Trinajstić information content (AvgIpc) is 3.22. The van der Waals surface area contributed by atoms with E-state index in [1.54, 1.807) is 12.1 Å². The first kappa shape index (κ1) is 28.0. The van der Waals surface area contributed by atoms with E-state index < -0.39 is 16.1 Å². The van der Waals surface area contributed by atoms with Gasteiger partial charge in [0, 0.05) is 48.3 Å². The van der Waals surface area contributed by atoms with Crippen molar-refractivity contribution in [2.45, 2.75) is 44.3 Å². The molecule has 1 unspecified atom stereocenters. The quantitative estimate of drug-likeness (QED) is 0.340. The molecule has 5 N–H and O–H groups in total. The van der Waals surface area contributed by atoms with E-state index in [0.29, 0.717) is 19.5 Å². The minimum atomic E-state index is -3.94. The van der Waals surface area contributed by atoms with Crippen LogP contribution in [0.5, 0.6) is 0 Å². The summed E-state index contributed by atoms with van der Waals surface area (Å²) in [5.74, 6) is 0. The van der Waals surface area contributed by atoms with Gasteiger partial charge in [-0.2, -0.15) is 0 Å². The van der Waals surface area contributed by atoms with Crippen LogP contribution in [0, 0.1) is 6.92 Å². The maximum Gasteiger partial charge on any atom is 0.328 e. The van der Waals surface area contributed by atoms with Crippen LogP contribution >= 0.6 is 0 Å². The molecule has 3 aromatic rings. The van der Waals surface area contributed by atoms with Gasteiger partial charge in [-0.05, 0) is 72.9 Å². The van der Waals surface area contributed by atoms with Gasteiger partial charge in [-0.25, -0.2) is 17.9 Å². The number of carbonyl (C=O) groups is 1. The first-order chi connectivity index (χ1) is 16.8. The van der Waals surface area contributed by atoms with Crippen LogP contribution in [0.4, 0.5) is 21.9 Å². The maximum absolute atomic E-state index is 12.4. The predicted octanol–water partition coefficient (Wildman–Crippen LogP) is 3.60. The van der Waals surface area contributed by atoms with Gasteiger partial charge in [-0.3, -0.25) is 0 Å². The van der Waals surface area contributed by atoms with E-state index in [-0.39, 0.29) is 40.6 Å². The number of hydrogen-bond acceptors (Lipinski definition) is 6. The fourth-order valence-corrected chi connectivity index (χ4v) is 5.08. The maximum atomic E-state index is 12.4. The number of rotatable bonds is 8. The molecule has 1 aliphatic heterocycles. The summed E-state index contributed by atoms with van der Waals surface area (Å²) >= 11 is 0. The molecular formula is C26H31N5NaO3S. The van der Waals surface area contributed by atoms with Crippen molar-refractivity contribution >= 4 is 62.7 Å². The Morgan fingerprint density at radius 1 is 1.03 bits per heavy atom. The molecule has 10 heteroatoms. The molecule has 1 aliphatic rings. The number of fused-ring (bicyclic) bond motifs is 1. The van der Waals surface area contributed by atoms with Gasteiger partial charge in [0.2, 0.25) is 0 Å². The molecule has 8 nitrogen and oxygen atoms in total. The summed E-state index contributed by atoms with van der Waals surface area (Å²) in [6.45, 7) is 4.86. The van der Waals surface area contributed by atoms with Crippen LogP contribution < -0.4 is 26.0 Å². The van der Waals surface area contributed by atoms with E-state index in [4.69, 9.17) is 5.73 Å². The summed E-state index contributed by atoms with van der Waals surface area (Å²) in [5.41, 5.74) is 12.0. The number of nitrogens with two attached hydrogens (primary N) is 1. The van der Waals surface area contributed by atoms with Crippen molar-refractivity contribution in [3.8, 4) is 0 Å². The second-order valence-electron chi connectivity index (χ2n) is 8.58. The van der Waals surface area contributed by atoms with Crippen molar-refractivity contribution in [1.82, 2.24) is 10.0 Å². The van der Waals surface area contributed by atoms with Crippen molar-refractivity contribution in [3.05, 3.63) is 83.4 Å². The minimum Gasteiger partial charge on any atom is -0.363 e. The number of carbonyl (C=O) groups excluding carboxylic acids is 1. The van der Waals surface area contributed by atoms with Gasteiger partial charge in [0.15, 0.2) is 0 Å². The fourth-order valence-electron chi connectivity index (χ4n) is 4.16. The number of nitrogens with zero attached hydrogens (tertiary/aromatic N) is 1. The predicted molar refractivity (Wildman–Crippen MR) is 145 cm³/mol. The number of nitrogens with one attached hydrogen (secondary N) is 3. The summed E-state index contributed by atoms with van der Waals surface area (Å²) in [6.07, 6.45) is 1.72. The molecule has 0 spiro atoms. The van der Waals surface area contributed by atoms with Gasteiger partial charge in [-0.1, -0.05) is 37.3 Å². The molecule has 36 heavy (non-hydrogen) atoms. The Morgan fingerprint density at radius 2 is 1.69 bits per heavy atom. The molecule has 1 radical (unpaired) electrons. The van der Waals surface area contributed by atoms with Gasteiger partial charge in [-0.15, -0.1) is 0 Å². The van der Waals surface area contributed by atoms with Gasteiger partial charge in [0.1, 0.15) is 6.17 Å². The third kappa shape index (κ3) is 6.41. The van der Waals surface area contributed by atoms with Crippen molar-refractivity contribution in [2.75, 3.05) is 16.8 Å². The number of aryl methyl sites for hydroxylation is 1. The molecule has 0 fully saturated rings. The van der Waals surface area contributed by atoms with Crippen molar-refractivity contribution in [3.63, 3.8) is 0 Å². The zero-order valence-electron chi connectivity index (χ0n) is 20.9. The molecule has 0 saturated heterocycles. The summed E-state index contributed by atoms with van der Waals surface area (Å²) in [6, 6.07) is 20.0. The SMILES string of the molecule is CCC1Nc2cc(C)ccc2N1c1ccc(CCNC(=O)NS(=O)(=O)c2ccc(CN)cc2)cc1.[Na]. The molecule has 4 rings (SSSR count). The van der Waals surface area contributed by atoms with Gasteiger partial charge in [0.25, 0.3) is 10.0 Å². The van der Waals surface area contributed by atoms with Crippen LogP contribution in [0.15, 0.2) is 71.6 Å². The number of amides is 2. The molecule has 3 aromatic carbocycles. The number of anilines is 3. The summed E-state index contributed by atoms with van der Waals surface area (Å²) in [5, 5.41) is 6.20. The van der Waals surface area contributed by atoms with Crippen molar-refractivity contribution < 1.29 is 13.2 Å². The third-order valence-corrected chi connectivity index (χ3v) is 7.39. The zero-order chi connectivity index (χ0) is 25.0. The Bertz CT molecular complexity index is 1300. The molecule has 1 atom stereocenters. The van der Waals surface area contributed by atoms with E-state index in [1.807, 2.05) is 16.9 Å². The molecule has 0 aliphatic carbocycles. The van der Waals surface area contributed by atoms with Crippen LogP contribution in [0.25, 0.3) is 0 Å². The third-order valence-electron chi connectivity index (χ3n) is 6.04.